The summed E-state index contributed by atoms with van der Waals surface area (Å²) in [6.07, 6.45) is 2.93. The summed E-state index contributed by atoms with van der Waals surface area (Å²) in [5, 5.41) is 0. The summed E-state index contributed by atoms with van der Waals surface area (Å²) >= 11 is 0. The molecule has 0 fully saturated rings. The van der Waals surface area contributed by atoms with Crippen molar-refractivity contribution >= 4 is 18.0 Å². The quantitative estimate of drug-likeness (QED) is 0.483. The first kappa shape index (κ1) is 20.7. The van der Waals surface area contributed by atoms with Crippen LogP contribution in [0.2, 0.25) is 0 Å². The van der Waals surface area contributed by atoms with Crippen molar-refractivity contribution in [2.75, 3.05) is 7.11 Å². The summed E-state index contributed by atoms with van der Waals surface area (Å²) < 4.78 is 8.44. The summed E-state index contributed by atoms with van der Waals surface area (Å²) in [6.45, 7) is 13.1. The molecule has 0 aliphatic rings. The zero-order valence-corrected chi connectivity index (χ0v) is 12.8. The molecule has 0 spiro atoms. The molecule has 21 heavy (non-hydrogen) atoms. The first-order valence-corrected chi connectivity index (χ1v) is 6.08. The molecule has 0 amide bonds. The van der Waals surface area contributed by atoms with Crippen LogP contribution in [0.5, 0.6) is 0 Å². The lowest BCUT2D eigenvalue weighted by Gasteiger charge is -1.91. The van der Waals surface area contributed by atoms with Crippen LogP contribution in [0.25, 0.3) is 6.08 Å². The predicted octanol–water partition coefficient (Wildman–Crippen LogP) is 3.76. The molecule has 0 aliphatic carbocycles. The van der Waals surface area contributed by atoms with Gasteiger partial charge in [-0.25, -0.2) is 4.79 Å². The molecule has 0 saturated heterocycles. The lowest BCUT2D eigenvalue weighted by atomic mass is 10.2. The minimum atomic E-state index is -0.347. The Kier molecular flexibility index (Phi) is 13.6. The van der Waals surface area contributed by atoms with Crippen LogP contribution >= 0.6 is 0 Å². The highest BCUT2D eigenvalue weighted by atomic mass is 16.5. The highest BCUT2D eigenvalue weighted by Gasteiger charge is 1.95. The van der Waals surface area contributed by atoms with E-state index in [1.54, 1.807) is 6.92 Å². The van der Waals surface area contributed by atoms with Gasteiger partial charge in [-0.2, -0.15) is 0 Å². The van der Waals surface area contributed by atoms with Crippen molar-refractivity contribution in [2.24, 2.45) is 0 Å². The van der Waals surface area contributed by atoms with Gasteiger partial charge >= 0.3 is 11.9 Å². The minimum absolute atomic E-state index is 0.329. The molecule has 1 rings (SSSR count). The Labute approximate surface area is 126 Å². The van der Waals surface area contributed by atoms with E-state index in [1.807, 2.05) is 36.4 Å². The number of carbonyl (C=O) groups excluding carboxylic acids is 2. The molecule has 1 aromatic rings. The molecular weight excluding hydrogens is 268 g/mol. The molecule has 0 bridgehead atoms. The van der Waals surface area contributed by atoms with Gasteiger partial charge in [-0.15, -0.1) is 0 Å². The third-order valence-corrected chi connectivity index (χ3v) is 1.82. The number of hydrogen-bond acceptors (Lipinski definition) is 4. The molecule has 4 nitrogen and oxygen atoms in total. The van der Waals surface area contributed by atoms with Crippen LogP contribution in [0.15, 0.2) is 61.9 Å². The van der Waals surface area contributed by atoms with Gasteiger partial charge < -0.3 is 9.47 Å². The third kappa shape index (κ3) is 15.3. The summed E-state index contributed by atoms with van der Waals surface area (Å²) in [5.74, 6) is -0.676. The number of methoxy groups -OCH3 is 1. The fraction of sp³-hybridized carbons (Fsp3) is 0.176. The number of hydrogen-bond donors (Lipinski definition) is 0. The van der Waals surface area contributed by atoms with Crippen molar-refractivity contribution in [1.82, 2.24) is 0 Å². The van der Waals surface area contributed by atoms with Crippen LogP contribution in [-0.4, -0.2) is 19.0 Å². The zero-order valence-electron chi connectivity index (χ0n) is 12.8. The van der Waals surface area contributed by atoms with Crippen molar-refractivity contribution in [2.45, 2.75) is 13.8 Å². The topological polar surface area (TPSA) is 52.6 Å². The van der Waals surface area contributed by atoms with Gasteiger partial charge in [0, 0.05) is 12.5 Å². The Morgan fingerprint density at radius 1 is 1.10 bits per heavy atom. The average Bonchev–Trinajstić information content (AvgIpc) is 2.48. The average molecular weight is 290 g/mol. The SMILES string of the molecule is C=C(C)C(=O)OC.C=COC(C)=O.C=Cc1ccccc1. The minimum Gasteiger partial charge on any atom is -0.466 e. The standard InChI is InChI=1S/C8H8.C5H8O2.C4H6O2/c1-2-8-6-4-3-5-7-8;1-4(2)5(6)7-3;1-3-6-4(2)5/h2-7H,1H2;1H2,2-3H3;3H,1H2,2H3. The molecule has 0 N–H and O–H groups in total. The Morgan fingerprint density at radius 2 is 1.62 bits per heavy atom. The van der Waals surface area contributed by atoms with Crippen molar-refractivity contribution in [1.29, 1.82) is 0 Å². The molecule has 114 valence electrons. The van der Waals surface area contributed by atoms with Crippen LogP contribution in [0, 0.1) is 0 Å². The molecule has 0 radical (unpaired) electrons. The van der Waals surface area contributed by atoms with Gasteiger partial charge in [-0.1, -0.05) is 56.1 Å². The van der Waals surface area contributed by atoms with E-state index in [0.717, 1.165) is 6.26 Å². The number of rotatable bonds is 3. The molecule has 0 aromatic heterocycles. The van der Waals surface area contributed by atoms with E-state index in [-0.39, 0.29) is 11.9 Å². The van der Waals surface area contributed by atoms with Gasteiger partial charge in [-0.05, 0) is 12.5 Å². The summed E-state index contributed by atoms with van der Waals surface area (Å²) in [7, 11) is 1.33. The van der Waals surface area contributed by atoms with Crippen molar-refractivity contribution < 1.29 is 19.1 Å². The summed E-state index contributed by atoms with van der Waals surface area (Å²) in [4.78, 5) is 19.9. The number of carbonyl (C=O) groups is 2. The van der Waals surface area contributed by atoms with Gasteiger partial charge in [-0.3, -0.25) is 4.79 Å². The lowest BCUT2D eigenvalue weighted by Crippen LogP contribution is -1.98. The van der Waals surface area contributed by atoms with E-state index in [2.05, 4.69) is 29.2 Å². The van der Waals surface area contributed by atoms with Crippen LogP contribution in [-0.2, 0) is 19.1 Å². The lowest BCUT2D eigenvalue weighted by molar-refractivity contribution is -0.136. The molecule has 4 heteroatoms. The first-order valence-electron chi connectivity index (χ1n) is 6.08. The molecule has 0 unspecified atom stereocenters. The second-order valence-corrected chi connectivity index (χ2v) is 3.66. The maximum Gasteiger partial charge on any atom is 0.332 e. The molecule has 0 saturated carbocycles. The maximum atomic E-state index is 10.2. The molecule has 0 atom stereocenters. The van der Waals surface area contributed by atoms with E-state index in [0.29, 0.717) is 5.57 Å². The second-order valence-electron chi connectivity index (χ2n) is 3.66. The molecule has 1 aromatic carbocycles. The fourth-order valence-corrected chi connectivity index (χ4v) is 0.881. The van der Waals surface area contributed by atoms with Crippen molar-refractivity contribution in [3.05, 3.63) is 67.5 Å². The van der Waals surface area contributed by atoms with Crippen molar-refractivity contribution in [3.63, 3.8) is 0 Å². The van der Waals surface area contributed by atoms with Crippen molar-refractivity contribution in [3.8, 4) is 0 Å². The van der Waals surface area contributed by atoms with Gasteiger partial charge in [0.15, 0.2) is 0 Å². The van der Waals surface area contributed by atoms with Gasteiger partial charge in [0.25, 0.3) is 0 Å². The predicted molar refractivity (Wildman–Crippen MR) is 85.3 cm³/mol. The molecular formula is C17H22O4. The molecule has 0 heterocycles. The van der Waals surface area contributed by atoms with E-state index >= 15 is 0 Å². The number of benzene rings is 1. The van der Waals surface area contributed by atoms with Crippen LogP contribution < -0.4 is 0 Å². The Bertz CT molecular complexity index is 461. The highest BCUT2D eigenvalue weighted by Crippen LogP contribution is 1.97. The summed E-state index contributed by atoms with van der Waals surface area (Å²) in [5.41, 5.74) is 1.61. The van der Waals surface area contributed by atoms with Crippen LogP contribution in [0.1, 0.15) is 19.4 Å². The smallest absolute Gasteiger partial charge is 0.332 e. The third-order valence-electron chi connectivity index (χ3n) is 1.82. The fourth-order valence-electron chi connectivity index (χ4n) is 0.881. The van der Waals surface area contributed by atoms with E-state index in [4.69, 9.17) is 0 Å². The summed E-state index contributed by atoms with van der Waals surface area (Å²) in [6, 6.07) is 10.0. The number of ether oxygens (including phenoxy) is 2. The van der Waals surface area contributed by atoms with Gasteiger partial charge in [0.2, 0.25) is 0 Å². The monoisotopic (exact) mass is 290 g/mol. The van der Waals surface area contributed by atoms with Crippen LogP contribution in [0.4, 0.5) is 0 Å². The Morgan fingerprint density at radius 3 is 1.76 bits per heavy atom. The van der Waals surface area contributed by atoms with E-state index < -0.39 is 0 Å². The Balaban J connectivity index is 0. The van der Waals surface area contributed by atoms with E-state index in [9.17, 15) is 9.59 Å². The Hall–Kier alpha value is -2.62. The maximum absolute atomic E-state index is 10.2. The second kappa shape index (κ2) is 13.8. The molecule has 0 aliphatic heterocycles. The van der Waals surface area contributed by atoms with E-state index in [1.165, 1.54) is 19.6 Å². The van der Waals surface area contributed by atoms with Gasteiger partial charge in [0.1, 0.15) is 0 Å². The normalized spacial score (nSPS) is 7.76. The highest BCUT2D eigenvalue weighted by molar-refractivity contribution is 5.86. The number of esters is 2. The first-order chi connectivity index (χ1) is 9.88. The largest absolute Gasteiger partial charge is 0.466 e. The van der Waals surface area contributed by atoms with Gasteiger partial charge in [0.05, 0.1) is 13.4 Å². The van der Waals surface area contributed by atoms with Crippen LogP contribution in [0.3, 0.4) is 0 Å². The zero-order chi connectivity index (χ0) is 16.7.